The van der Waals surface area contributed by atoms with Crippen molar-refractivity contribution in [2.75, 3.05) is 0 Å². The van der Waals surface area contributed by atoms with Crippen LogP contribution < -0.4 is 5.73 Å². The maximum atomic E-state index is 11.9. The lowest BCUT2D eigenvalue weighted by Crippen LogP contribution is -2.30. The van der Waals surface area contributed by atoms with Crippen LogP contribution in [-0.2, 0) is 10.8 Å². The molecule has 0 aliphatic heterocycles. The third-order valence-electron chi connectivity index (χ3n) is 2.41. The van der Waals surface area contributed by atoms with Gasteiger partial charge in [-0.1, -0.05) is 27.7 Å². The Labute approximate surface area is 84.7 Å². The van der Waals surface area contributed by atoms with Gasteiger partial charge in [-0.15, -0.1) is 0 Å². The van der Waals surface area contributed by atoms with Crippen LogP contribution in [0.4, 0.5) is 0 Å². The Morgan fingerprint density at radius 3 is 1.92 bits per heavy atom. The van der Waals surface area contributed by atoms with E-state index >= 15 is 0 Å². The lowest BCUT2D eigenvalue weighted by molar-refractivity contribution is 0.582. The first-order valence-corrected chi connectivity index (χ1v) is 6.28. The maximum absolute atomic E-state index is 11.9. The summed E-state index contributed by atoms with van der Waals surface area (Å²) in [4.78, 5) is 0. The van der Waals surface area contributed by atoms with Crippen LogP contribution in [0.25, 0.3) is 0 Å². The molecule has 0 rings (SSSR count). The predicted octanol–water partition coefficient (Wildman–Crippen LogP) is 1.91. The van der Waals surface area contributed by atoms with Gasteiger partial charge in [0, 0.05) is 27.3 Å². The SMILES string of the molecule is CC(N)CC(C)S(=O)C(C)C(C)C. The molecule has 2 nitrogen and oxygen atoms in total. The van der Waals surface area contributed by atoms with Gasteiger partial charge < -0.3 is 5.73 Å². The van der Waals surface area contributed by atoms with E-state index in [0.717, 1.165) is 6.42 Å². The summed E-state index contributed by atoms with van der Waals surface area (Å²) in [5, 5.41) is 0.492. The quantitative estimate of drug-likeness (QED) is 0.745. The van der Waals surface area contributed by atoms with E-state index in [-0.39, 0.29) is 16.5 Å². The molecular weight excluding hydrogens is 182 g/mol. The summed E-state index contributed by atoms with van der Waals surface area (Å²) in [5.74, 6) is 0.483. The molecule has 3 heteroatoms. The summed E-state index contributed by atoms with van der Waals surface area (Å²) in [6.45, 7) is 10.3. The first kappa shape index (κ1) is 13.1. The molecule has 0 saturated carbocycles. The van der Waals surface area contributed by atoms with Crippen molar-refractivity contribution in [1.29, 1.82) is 0 Å². The van der Waals surface area contributed by atoms with Crippen molar-refractivity contribution >= 4 is 10.8 Å². The molecule has 0 amide bonds. The smallest absolute Gasteiger partial charge is 0.0345 e. The van der Waals surface area contributed by atoms with E-state index in [1.807, 2.05) is 13.8 Å². The van der Waals surface area contributed by atoms with Crippen LogP contribution in [0.2, 0.25) is 0 Å². The largest absolute Gasteiger partial charge is 0.328 e. The van der Waals surface area contributed by atoms with E-state index in [0.29, 0.717) is 5.92 Å². The summed E-state index contributed by atoms with van der Waals surface area (Å²) < 4.78 is 11.9. The number of hydrogen-bond donors (Lipinski definition) is 1. The van der Waals surface area contributed by atoms with Crippen molar-refractivity contribution in [1.82, 2.24) is 0 Å². The third-order valence-corrected chi connectivity index (χ3v) is 4.67. The van der Waals surface area contributed by atoms with E-state index in [1.165, 1.54) is 0 Å². The van der Waals surface area contributed by atoms with Gasteiger partial charge in [0.1, 0.15) is 0 Å². The predicted molar refractivity (Wildman–Crippen MR) is 60.2 cm³/mol. The minimum absolute atomic E-state index is 0.151. The zero-order valence-corrected chi connectivity index (χ0v) is 10.2. The summed E-state index contributed by atoms with van der Waals surface area (Å²) >= 11 is 0. The minimum Gasteiger partial charge on any atom is -0.328 e. The highest BCUT2D eigenvalue weighted by atomic mass is 32.2. The van der Waals surface area contributed by atoms with Crippen LogP contribution in [0, 0.1) is 5.92 Å². The van der Waals surface area contributed by atoms with Crippen LogP contribution in [0.1, 0.15) is 41.0 Å². The molecule has 0 saturated heterocycles. The van der Waals surface area contributed by atoms with Crippen LogP contribution in [0.5, 0.6) is 0 Å². The second-order valence-electron chi connectivity index (χ2n) is 4.30. The molecule has 0 aliphatic rings. The van der Waals surface area contributed by atoms with Crippen LogP contribution in [0.15, 0.2) is 0 Å². The summed E-state index contributed by atoms with van der Waals surface area (Å²) in [7, 11) is -0.740. The monoisotopic (exact) mass is 205 g/mol. The lowest BCUT2D eigenvalue weighted by atomic mass is 10.1. The van der Waals surface area contributed by atoms with E-state index in [9.17, 15) is 4.21 Å². The topological polar surface area (TPSA) is 43.1 Å². The maximum Gasteiger partial charge on any atom is 0.0345 e. The second-order valence-corrected chi connectivity index (χ2v) is 6.51. The molecule has 4 unspecified atom stereocenters. The molecule has 0 spiro atoms. The Bertz CT molecular complexity index is 168. The molecule has 0 aromatic heterocycles. The average molecular weight is 205 g/mol. The van der Waals surface area contributed by atoms with E-state index in [1.54, 1.807) is 0 Å². The zero-order chi connectivity index (χ0) is 10.6. The number of hydrogen-bond acceptors (Lipinski definition) is 2. The molecule has 0 aliphatic carbocycles. The van der Waals surface area contributed by atoms with Gasteiger partial charge in [-0.3, -0.25) is 4.21 Å². The molecular formula is C10H23NOS. The Kier molecular flexibility index (Phi) is 5.81. The van der Waals surface area contributed by atoms with Gasteiger partial charge in [-0.25, -0.2) is 0 Å². The average Bonchev–Trinajstić information content (AvgIpc) is 2.00. The standard InChI is InChI=1S/C10H23NOS/c1-7(2)10(5)13(12)9(4)6-8(3)11/h7-10H,6,11H2,1-5H3. The second kappa shape index (κ2) is 5.76. The highest BCUT2D eigenvalue weighted by Gasteiger charge is 2.21. The zero-order valence-electron chi connectivity index (χ0n) is 9.41. The first-order chi connectivity index (χ1) is 5.86. The summed E-state index contributed by atoms with van der Waals surface area (Å²) in [6.07, 6.45) is 0.851. The van der Waals surface area contributed by atoms with Gasteiger partial charge >= 0.3 is 0 Å². The molecule has 80 valence electrons. The first-order valence-electron chi connectivity index (χ1n) is 5.01. The molecule has 0 radical (unpaired) electrons. The Morgan fingerprint density at radius 2 is 1.62 bits per heavy atom. The van der Waals surface area contributed by atoms with Gasteiger partial charge in [0.25, 0.3) is 0 Å². The highest BCUT2D eigenvalue weighted by Crippen LogP contribution is 2.15. The van der Waals surface area contributed by atoms with Crippen LogP contribution in [-0.4, -0.2) is 20.8 Å². The van der Waals surface area contributed by atoms with Crippen molar-refractivity contribution < 1.29 is 4.21 Å². The molecule has 4 atom stereocenters. The lowest BCUT2D eigenvalue weighted by Gasteiger charge is -2.21. The number of nitrogens with two attached hydrogens (primary N) is 1. The molecule has 0 bridgehead atoms. The van der Waals surface area contributed by atoms with Gasteiger partial charge in [-0.2, -0.15) is 0 Å². The Hall–Kier alpha value is 0.110. The normalized spacial score (nSPS) is 21.2. The molecule has 13 heavy (non-hydrogen) atoms. The van der Waals surface area contributed by atoms with Gasteiger partial charge in [-0.05, 0) is 19.3 Å². The molecule has 0 aromatic carbocycles. The van der Waals surface area contributed by atoms with Gasteiger partial charge in [0.15, 0.2) is 0 Å². The molecule has 0 fully saturated rings. The van der Waals surface area contributed by atoms with Crippen LogP contribution >= 0.6 is 0 Å². The van der Waals surface area contributed by atoms with Crippen molar-refractivity contribution in [3.05, 3.63) is 0 Å². The molecule has 0 heterocycles. The van der Waals surface area contributed by atoms with Gasteiger partial charge in [0.05, 0.1) is 0 Å². The van der Waals surface area contributed by atoms with Crippen molar-refractivity contribution in [3.8, 4) is 0 Å². The van der Waals surface area contributed by atoms with E-state index in [2.05, 4.69) is 20.8 Å². The minimum atomic E-state index is -0.740. The Balaban J connectivity index is 4.09. The molecule has 0 aromatic rings. The molecule has 2 N–H and O–H groups in total. The number of rotatable bonds is 5. The van der Waals surface area contributed by atoms with Crippen molar-refractivity contribution in [3.63, 3.8) is 0 Å². The fourth-order valence-corrected chi connectivity index (χ4v) is 3.02. The van der Waals surface area contributed by atoms with Crippen molar-refractivity contribution in [2.45, 2.75) is 57.6 Å². The summed E-state index contributed by atoms with van der Waals surface area (Å²) in [5.41, 5.74) is 5.67. The Morgan fingerprint density at radius 1 is 1.15 bits per heavy atom. The summed E-state index contributed by atoms with van der Waals surface area (Å²) in [6, 6.07) is 0.151. The fraction of sp³-hybridized carbons (Fsp3) is 1.00. The van der Waals surface area contributed by atoms with Crippen LogP contribution in [0.3, 0.4) is 0 Å². The van der Waals surface area contributed by atoms with Crippen molar-refractivity contribution in [2.24, 2.45) is 11.7 Å². The highest BCUT2D eigenvalue weighted by molar-refractivity contribution is 7.86. The third kappa shape index (κ3) is 4.77. The van der Waals surface area contributed by atoms with Gasteiger partial charge in [0.2, 0.25) is 0 Å². The fourth-order valence-electron chi connectivity index (χ4n) is 1.25. The van der Waals surface area contributed by atoms with E-state index < -0.39 is 10.8 Å². The van der Waals surface area contributed by atoms with E-state index in [4.69, 9.17) is 5.73 Å².